The monoisotopic (exact) mass is 387 g/mol. The molecule has 1 fully saturated rings. The van der Waals surface area contributed by atoms with E-state index in [9.17, 15) is 9.59 Å². The van der Waals surface area contributed by atoms with Crippen LogP contribution in [0.15, 0.2) is 29.6 Å². The van der Waals surface area contributed by atoms with Gasteiger partial charge < -0.3 is 15.0 Å². The number of aromatic nitrogens is 1. The fourth-order valence-corrected chi connectivity index (χ4v) is 3.40. The standard InChI is InChI=1S/C20H25N3O3S/c1-13(2)19(25)22-20-21-15(12-27-20)10-18(24)23(16-6-7-16)11-14-4-8-17(26-3)9-5-14/h4-5,8-9,12-13,16H,6-7,10-11H2,1-3H3,(H,21,22,25). The number of thiazole rings is 1. The first-order valence-corrected chi connectivity index (χ1v) is 10.0. The van der Waals surface area contributed by atoms with Crippen LogP contribution in [0, 0.1) is 5.92 Å². The van der Waals surface area contributed by atoms with Crippen LogP contribution < -0.4 is 10.1 Å². The van der Waals surface area contributed by atoms with Crippen molar-refractivity contribution >= 4 is 28.3 Å². The minimum absolute atomic E-state index is 0.0682. The van der Waals surface area contributed by atoms with Crippen LogP contribution in [0.2, 0.25) is 0 Å². The molecule has 0 radical (unpaired) electrons. The number of amides is 2. The van der Waals surface area contributed by atoms with Crippen LogP contribution in [0.1, 0.15) is 37.9 Å². The fraction of sp³-hybridized carbons (Fsp3) is 0.450. The van der Waals surface area contributed by atoms with Crippen LogP contribution in [-0.2, 0) is 22.6 Å². The summed E-state index contributed by atoms with van der Waals surface area (Å²) < 4.78 is 5.19. The second-order valence-corrected chi connectivity index (χ2v) is 7.92. The summed E-state index contributed by atoms with van der Waals surface area (Å²) in [4.78, 5) is 30.9. The van der Waals surface area contributed by atoms with E-state index in [0.717, 1.165) is 24.2 Å². The molecule has 0 atom stereocenters. The first kappa shape index (κ1) is 19.4. The molecule has 1 N–H and O–H groups in total. The lowest BCUT2D eigenvalue weighted by Crippen LogP contribution is -2.33. The van der Waals surface area contributed by atoms with Gasteiger partial charge in [-0.15, -0.1) is 11.3 Å². The maximum atomic E-state index is 12.8. The number of benzene rings is 1. The zero-order chi connectivity index (χ0) is 19.4. The van der Waals surface area contributed by atoms with Gasteiger partial charge in [0.2, 0.25) is 11.8 Å². The van der Waals surface area contributed by atoms with Gasteiger partial charge in [0.15, 0.2) is 5.13 Å². The lowest BCUT2D eigenvalue weighted by atomic mass is 10.2. The largest absolute Gasteiger partial charge is 0.497 e. The minimum Gasteiger partial charge on any atom is -0.497 e. The Labute approximate surface area is 163 Å². The fourth-order valence-electron chi connectivity index (χ4n) is 2.69. The van der Waals surface area contributed by atoms with E-state index in [1.165, 1.54) is 11.3 Å². The third kappa shape index (κ3) is 5.29. The van der Waals surface area contributed by atoms with Gasteiger partial charge in [0.1, 0.15) is 5.75 Å². The van der Waals surface area contributed by atoms with Crippen molar-refractivity contribution in [1.29, 1.82) is 0 Å². The molecule has 1 saturated carbocycles. The van der Waals surface area contributed by atoms with Crippen LogP contribution in [0.4, 0.5) is 5.13 Å². The van der Waals surface area contributed by atoms with Crippen molar-refractivity contribution in [3.05, 3.63) is 40.9 Å². The molecule has 2 amide bonds. The molecule has 27 heavy (non-hydrogen) atoms. The van der Waals surface area contributed by atoms with Crippen LogP contribution >= 0.6 is 11.3 Å². The molecule has 0 bridgehead atoms. The number of methoxy groups -OCH3 is 1. The van der Waals surface area contributed by atoms with Crippen molar-refractivity contribution in [3.63, 3.8) is 0 Å². The number of nitrogens with zero attached hydrogens (tertiary/aromatic N) is 2. The highest BCUT2D eigenvalue weighted by Crippen LogP contribution is 2.29. The van der Waals surface area contributed by atoms with Crippen molar-refractivity contribution in [3.8, 4) is 5.75 Å². The topological polar surface area (TPSA) is 71.5 Å². The summed E-state index contributed by atoms with van der Waals surface area (Å²) in [5, 5.41) is 5.17. The molecule has 1 heterocycles. The summed E-state index contributed by atoms with van der Waals surface area (Å²) in [7, 11) is 1.64. The van der Waals surface area contributed by atoms with Gasteiger partial charge in [-0.1, -0.05) is 26.0 Å². The van der Waals surface area contributed by atoms with Gasteiger partial charge in [-0.3, -0.25) is 9.59 Å². The normalized spacial score (nSPS) is 13.5. The number of anilines is 1. The van der Waals surface area contributed by atoms with Gasteiger partial charge >= 0.3 is 0 Å². The van der Waals surface area contributed by atoms with E-state index < -0.39 is 0 Å². The molecule has 1 aliphatic carbocycles. The molecular formula is C20H25N3O3S. The van der Waals surface area contributed by atoms with Crippen LogP contribution in [-0.4, -0.2) is 34.8 Å². The Morgan fingerprint density at radius 1 is 1.30 bits per heavy atom. The molecule has 6 nitrogen and oxygen atoms in total. The Morgan fingerprint density at radius 3 is 2.59 bits per heavy atom. The Bertz CT molecular complexity index is 797. The summed E-state index contributed by atoms with van der Waals surface area (Å²) in [6.07, 6.45) is 2.35. The van der Waals surface area contributed by atoms with Gasteiger partial charge in [-0.2, -0.15) is 0 Å². The number of carbonyl (C=O) groups is 2. The summed E-state index contributed by atoms with van der Waals surface area (Å²) in [5.41, 5.74) is 1.78. The average Bonchev–Trinajstić information content (AvgIpc) is 3.40. The quantitative estimate of drug-likeness (QED) is 0.753. The summed E-state index contributed by atoms with van der Waals surface area (Å²) in [6.45, 7) is 4.26. The van der Waals surface area contributed by atoms with E-state index in [0.29, 0.717) is 23.4 Å². The van der Waals surface area contributed by atoms with E-state index in [1.807, 2.05) is 48.4 Å². The highest BCUT2D eigenvalue weighted by Gasteiger charge is 2.32. The van der Waals surface area contributed by atoms with Crippen molar-refractivity contribution in [2.75, 3.05) is 12.4 Å². The predicted molar refractivity (Wildman–Crippen MR) is 106 cm³/mol. The minimum atomic E-state index is -0.103. The number of nitrogens with one attached hydrogen (secondary N) is 1. The van der Waals surface area contributed by atoms with E-state index in [-0.39, 0.29) is 24.2 Å². The SMILES string of the molecule is COc1ccc(CN(C(=O)Cc2csc(NC(=O)C(C)C)n2)C2CC2)cc1. The highest BCUT2D eigenvalue weighted by molar-refractivity contribution is 7.13. The molecule has 2 aromatic rings. The average molecular weight is 388 g/mol. The second-order valence-electron chi connectivity index (χ2n) is 7.07. The zero-order valence-corrected chi connectivity index (χ0v) is 16.7. The van der Waals surface area contributed by atoms with Gasteiger partial charge in [0.25, 0.3) is 0 Å². The number of carbonyl (C=O) groups excluding carboxylic acids is 2. The van der Waals surface area contributed by atoms with E-state index in [2.05, 4.69) is 10.3 Å². The maximum Gasteiger partial charge on any atom is 0.229 e. The third-order valence-electron chi connectivity index (χ3n) is 4.46. The molecule has 0 saturated heterocycles. The highest BCUT2D eigenvalue weighted by atomic mass is 32.1. The van der Waals surface area contributed by atoms with Crippen molar-refractivity contribution in [1.82, 2.24) is 9.88 Å². The lowest BCUT2D eigenvalue weighted by Gasteiger charge is -2.22. The van der Waals surface area contributed by atoms with Crippen molar-refractivity contribution < 1.29 is 14.3 Å². The number of hydrogen-bond acceptors (Lipinski definition) is 5. The van der Waals surface area contributed by atoms with E-state index in [4.69, 9.17) is 4.74 Å². The van der Waals surface area contributed by atoms with Gasteiger partial charge in [-0.05, 0) is 30.5 Å². The Morgan fingerprint density at radius 2 is 2.00 bits per heavy atom. The molecule has 0 unspecified atom stereocenters. The zero-order valence-electron chi connectivity index (χ0n) is 15.9. The number of ether oxygens (including phenoxy) is 1. The van der Waals surface area contributed by atoms with Crippen LogP contribution in [0.25, 0.3) is 0 Å². The molecule has 1 aromatic carbocycles. The van der Waals surface area contributed by atoms with E-state index >= 15 is 0 Å². The summed E-state index contributed by atoms with van der Waals surface area (Å²) in [5.74, 6) is 0.706. The van der Waals surface area contributed by atoms with Crippen molar-refractivity contribution in [2.45, 2.75) is 45.7 Å². The maximum absolute atomic E-state index is 12.8. The summed E-state index contributed by atoms with van der Waals surface area (Å²) in [6, 6.07) is 8.12. The van der Waals surface area contributed by atoms with Crippen LogP contribution in [0.5, 0.6) is 5.75 Å². The number of hydrogen-bond donors (Lipinski definition) is 1. The van der Waals surface area contributed by atoms with Gasteiger partial charge in [0, 0.05) is 23.9 Å². The smallest absolute Gasteiger partial charge is 0.229 e. The molecule has 1 aromatic heterocycles. The molecule has 0 aliphatic heterocycles. The van der Waals surface area contributed by atoms with Gasteiger partial charge in [0.05, 0.1) is 19.2 Å². The number of rotatable bonds is 8. The Kier molecular flexibility index (Phi) is 6.11. The molecule has 144 valence electrons. The van der Waals surface area contributed by atoms with E-state index in [1.54, 1.807) is 7.11 Å². The first-order valence-electron chi connectivity index (χ1n) is 9.14. The van der Waals surface area contributed by atoms with Crippen LogP contribution in [0.3, 0.4) is 0 Å². The van der Waals surface area contributed by atoms with Crippen molar-refractivity contribution in [2.24, 2.45) is 5.92 Å². The predicted octanol–water partition coefficient (Wildman–Crippen LogP) is 3.48. The second kappa shape index (κ2) is 8.52. The molecule has 1 aliphatic rings. The lowest BCUT2D eigenvalue weighted by molar-refractivity contribution is -0.131. The first-order chi connectivity index (χ1) is 13.0. The Balaban J connectivity index is 1.62. The Hall–Kier alpha value is -2.41. The molecule has 7 heteroatoms. The third-order valence-corrected chi connectivity index (χ3v) is 5.27. The molecule has 3 rings (SSSR count). The van der Waals surface area contributed by atoms with Gasteiger partial charge in [-0.25, -0.2) is 4.98 Å². The molecular weight excluding hydrogens is 362 g/mol. The molecule has 0 spiro atoms. The summed E-state index contributed by atoms with van der Waals surface area (Å²) >= 11 is 1.35.